The lowest BCUT2D eigenvalue weighted by atomic mass is 9.63. The van der Waals surface area contributed by atoms with E-state index >= 15 is 0 Å². The highest BCUT2D eigenvalue weighted by Crippen LogP contribution is 2.65. The number of methoxy groups -OCH3 is 1. The first-order chi connectivity index (χ1) is 16.8. The smallest absolute Gasteiger partial charge is 0.263 e. The second kappa shape index (κ2) is 8.20. The third kappa shape index (κ3) is 3.39. The van der Waals surface area contributed by atoms with Crippen LogP contribution in [-0.2, 0) is 9.59 Å². The highest BCUT2D eigenvalue weighted by Gasteiger charge is 2.67. The second-order valence-electron chi connectivity index (χ2n) is 9.89. The molecule has 0 spiro atoms. The number of hydrogen-bond donors (Lipinski definition) is 0. The lowest BCUT2D eigenvalue weighted by molar-refractivity contribution is -0.140. The molecule has 2 aromatic rings. The molecule has 2 aromatic carbocycles. The topological polar surface area (TPSA) is 66.9 Å². The number of aryl methyl sites for hydroxylation is 1. The fourth-order valence-electron chi connectivity index (χ4n) is 6.44. The van der Waals surface area contributed by atoms with Crippen LogP contribution in [0.2, 0.25) is 5.02 Å². The van der Waals surface area contributed by atoms with Crippen molar-refractivity contribution in [2.45, 2.75) is 13.3 Å². The van der Waals surface area contributed by atoms with Gasteiger partial charge in [0.25, 0.3) is 5.91 Å². The minimum absolute atomic E-state index is 0.124. The van der Waals surface area contributed by atoms with Crippen LogP contribution in [0.5, 0.6) is 5.75 Å². The number of likely N-dealkylation sites (tertiary alicyclic amines) is 1. The summed E-state index contributed by atoms with van der Waals surface area (Å²) in [6.07, 6.45) is 5.39. The first-order valence-electron chi connectivity index (χ1n) is 11.8. The van der Waals surface area contributed by atoms with Crippen LogP contribution in [0.1, 0.15) is 22.3 Å². The van der Waals surface area contributed by atoms with Crippen LogP contribution in [0.25, 0.3) is 0 Å². The number of hydrogen-bond acceptors (Lipinski definition) is 4. The molecule has 4 aliphatic carbocycles. The Hall–Kier alpha value is -2.64. The molecule has 1 saturated heterocycles. The van der Waals surface area contributed by atoms with Crippen LogP contribution in [0.3, 0.4) is 0 Å². The number of rotatable bonds is 5. The number of ether oxygens (including phenoxy) is 1. The highest BCUT2D eigenvalue weighted by molar-refractivity contribution is 9.10. The maximum atomic E-state index is 13.9. The number of amides is 3. The van der Waals surface area contributed by atoms with Gasteiger partial charge in [0, 0.05) is 4.47 Å². The molecule has 0 aromatic heterocycles. The normalized spacial score (nSPS) is 29.8. The van der Waals surface area contributed by atoms with Gasteiger partial charge in [0.05, 0.1) is 35.2 Å². The maximum Gasteiger partial charge on any atom is 0.263 e. The zero-order valence-electron chi connectivity index (χ0n) is 19.3. The summed E-state index contributed by atoms with van der Waals surface area (Å²) < 4.78 is 6.13. The Morgan fingerprint density at radius 1 is 1.11 bits per heavy atom. The summed E-state index contributed by atoms with van der Waals surface area (Å²) in [7, 11) is 1.50. The van der Waals surface area contributed by atoms with Gasteiger partial charge in [-0.1, -0.05) is 35.9 Å². The van der Waals surface area contributed by atoms with Crippen LogP contribution >= 0.6 is 27.5 Å². The average Bonchev–Trinajstić information content (AvgIpc) is 3.64. The van der Waals surface area contributed by atoms with Gasteiger partial charge in [-0.15, -0.1) is 0 Å². The van der Waals surface area contributed by atoms with E-state index in [1.165, 1.54) is 16.9 Å². The molecule has 1 heterocycles. The van der Waals surface area contributed by atoms with Crippen molar-refractivity contribution < 1.29 is 19.1 Å². The van der Waals surface area contributed by atoms with Gasteiger partial charge >= 0.3 is 0 Å². The number of anilines is 1. The molecule has 0 N–H and O–H groups in total. The molecular weight excluding hydrogens is 532 g/mol. The van der Waals surface area contributed by atoms with Gasteiger partial charge in [-0.05, 0) is 82.8 Å². The number of benzene rings is 2. The van der Waals surface area contributed by atoms with Crippen LogP contribution in [0, 0.1) is 42.4 Å². The van der Waals surface area contributed by atoms with E-state index in [0.29, 0.717) is 38.3 Å². The lowest BCUT2D eigenvalue weighted by Crippen LogP contribution is -2.45. The van der Waals surface area contributed by atoms with Crippen LogP contribution < -0.4 is 9.64 Å². The summed E-state index contributed by atoms with van der Waals surface area (Å²) in [6.45, 7) is 1.69. The zero-order chi connectivity index (χ0) is 24.6. The van der Waals surface area contributed by atoms with E-state index in [-0.39, 0.29) is 48.1 Å². The first-order valence-corrected chi connectivity index (χ1v) is 12.9. The van der Waals surface area contributed by atoms with Gasteiger partial charge < -0.3 is 4.74 Å². The Kier molecular flexibility index (Phi) is 5.34. The van der Waals surface area contributed by atoms with E-state index in [0.717, 1.165) is 12.0 Å². The molecule has 6 nitrogen and oxygen atoms in total. The Balaban J connectivity index is 1.40. The number of allylic oxidation sites excluding steroid dienone is 2. The molecule has 8 heteroatoms. The maximum absolute atomic E-state index is 13.9. The van der Waals surface area contributed by atoms with E-state index < -0.39 is 0 Å². The van der Waals surface area contributed by atoms with E-state index in [2.05, 4.69) is 28.1 Å². The molecule has 35 heavy (non-hydrogen) atoms. The number of para-hydroxylation sites is 1. The van der Waals surface area contributed by atoms with Gasteiger partial charge in [0.15, 0.2) is 0 Å². The second-order valence-corrected chi connectivity index (χ2v) is 11.1. The van der Waals surface area contributed by atoms with Gasteiger partial charge in [-0.3, -0.25) is 24.2 Å². The number of imide groups is 1. The van der Waals surface area contributed by atoms with E-state index in [4.69, 9.17) is 16.3 Å². The molecule has 3 fully saturated rings. The van der Waals surface area contributed by atoms with Crippen LogP contribution in [0.4, 0.5) is 5.69 Å². The summed E-state index contributed by atoms with van der Waals surface area (Å²) in [5.41, 5.74) is 1.66. The molecule has 180 valence electrons. The third-order valence-electron chi connectivity index (χ3n) is 8.15. The summed E-state index contributed by atoms with van der Waals surface area (Å²) in [4.78, 5) is 43.9. The molecule has 2 saturated carbocycles. The SMILES string of the molecule is COc1ccccc1C(=O)N(CN1C(=O)C2C3C=CC(C4CC34)C2C1=O)c1cc(Cl)c(Br)cc1C. The molecule has 5 aliphatic rings. The summed E-state index contributed by atoms with van der Waals surface area (Å²) >= 11 is 9.85. The summed E-state index contributed by atoms with van der Waals surface area (Å²) in [5.74, 6) is 0.327. The van der Waals surface area contributed by atoms with E-state index in [9.17, 15) is 14.4 Å². The lowest BCUT2D eigenvalue weighted by Gasteiger charge is -2.37. The minimum Gasteiger partial charge on any atom is -0.496 e. The molecule has 1 aliphatic heterocycles. The molecule has 6 unspecified atom stereocenters. The fraction of sp³-hybridized carbons (Fsp3) is 0.370. The highest BCUT2D eigenvalue weighted by atomic mass is 79.9. The van der Waals surface area contributed by atoms with Crippen molar-refractivity contribution >= 4 is 50.9 Å². The van der Waals surface area contributed by atoms with Gasteiger partial charge in [0.2, 0.25) is 11.8 Å². The van der Waals surface area contributed by atoms with Gasteiger partial charge in [-0.25, -0.2) is 0 Å². The summed E-state index contributed by atoms with van der Waals surface area (Å²) in [6, 6.07) is 10.4. The van der Waals surface area contributed by atoms with Crippen molar-refractivity contribution in [3.8, 4) is 5.75 Å². The molecular formula is C27H24BrClN2O4. The Morgan fingerprint density at radius 3 is 2.37 bits per heavy atom. The molecule has 7 rings (SSSR count). The van der Waals surface area contributed by atoms with Crippen LogP contribution in [-0.4, -0.2) is 36.4 Å². The molecule has 6 atom stereocenters. The summed E-state index contributed by atoms with van der Waals surface area (Å²) in [5, 5.41) is 0.429. The number of carbonyl (C=O) groups excluding carboxylic acids is 3. The standard InChI is InChI=1S/C27H24BrClN2O4/c1-13-9-19(28)20(29)11-21(13)30(25(32)16-5-3-4-6-22(16)35-2)12-31-26(33)23-14-7-8-15(18-10-17(14)18)24(23)27(31)34/h3-9,11,14-15,17-18,23-24H,10,12H2,1-2H3. The van der Waals surface area contributed by atoms with E-state index in [1.807, 2.05) is 13.0 Å². The Morgan fingerprint density at radius 2 is 1.74 bits per heavy atom. The van der Waals surface area contributed by atoms with Crippen molar-refractivity contribution in [1.82, 2.24) is 4.90 Å². The number of carbonyl (C=O) groups is 3. The third-order valence-corrected chi connectivity index (χ3v) is 9.35. The largest absolute Gasteiger partial charge is 0.496 e. The van der Waals surface area contributed by atoms with Crippen molar-refractivity contribution in [3.05, 3.63) is 69.2 Å². The first kappa shape index (κ1) is 22.8. The number of nitrogens with zero attached hydrogens (tertiary/aromatic N) is 2. The monoisotopic (exact) mass is 554 g/mol. The van der Waals surface area contributed by atoms with Crippen molar-refractivity contribution in [2.24, 2.45) is 35.5 Å². The van der Waals surface area contributed by atoms with Gasteiger partial charge in [-0.2, -0.15) is 0 Å². The molecule has 0 radical (unpaired) electrons. The fourth-order valence-corrected chi connectivity index (χ4v) is 7.06. The Bertz CT molecular complexity index is 1270. The number of halogens is 2. The van der Waals surface area contributed by atoms with Gasteiger partial charge in [0.1, 0.15) is 12.4 Å². The van der Waals surface area contributed by atoms with Crippen molar-refractivity contribution in [2.75, 3.05) is 18.7 Å². The van der Waals surface area contributed by atoms with E-state index in [1.54, 1.807) is 30.3 Å². The predicted molar refractivity (Wildman–Crippen MR) is 135 cm³/mol. The van der Waals surface area contributed by atoms with Crippen LogP contribution in [0.15, 0.2) is 53.0 Å². The quantitative estimate of drug-likeness (QED) is 0.381. The average molecular weight is 556 g/mol. The zero-order valence-corrected chi connectivity index (χ0v) is 21.6. The minimum atomic E-state index is -0.372. The molecule has 2 bridgehead atoms. The predicted octanol–water partition coefficient (Wildman–Crippen LogP) is 5.08. The van der Waals surface area contributed by atoms with Crippen molar-refractivity contribution in [1.29, 1.82) is 0 Å². The van der Waals surface area contributed by atoms with Crippen molar-refractivity contribution in [3.63, 3.8) is 0 Å². The Labute approximate surface area is 217 Å². The molecule has 3 amide bonds.